The van der Waals surface area contributed by atoms with Crippen LogP contribution in [0.3, 0.4) is 0 Å². The second-order valence-corrected chi connectivity index (χ2v) is 6.93. The number of nitrogens with one attached hydrogen (secondary N) is 1. The van der Waals surface area contributed by atoms with Crippen LogP contribution in [0.2, 0.25) is 0 Å². The van der Waals surface area contributed by atoms with Gasteiger partial charge in [-0.3, -0.25) is 4.79 Å². The SMILES string of the molecule is CCC(CC)C(=O)N1c2ccccc2[C@@H](Nc2ccccc2)C[C@@H]1C. The maximum absolute atomic E-state index is 13.1. The van der Waals surface area contributed by atoms with E-state index in [9.17, 15) is 4.79 Å². The normalized spacial score (nSPS) is 19.6. The number of carbonyl (C=O) groups excluding carboxylic acids is 1. The molecule has 2 aromatic carbocycles. The number of carbonyl (C=O) groups is 1. The molecule has 1 N–H and O–H groups in total. The van der Waals surface area contributed by atoms with E-state index in [2.05, 4.69) is 56.4 Å². The Hall–Kier alpha value is -2.29. The van der Waals surface area contributed by atoms with Gasteiger partial charge in [0.15, 0.2) is 0 Å². The summed E-state index contributed by atoms with van der Waals surface area (Å²) in [6, 6.07) is 19.0. The van der Waals surface area contributed by atoms with Crippen molar-refractivity contribution in [1.29, 1.82) is 0 Å². The minimum Gasteiger partial charge on any atom is -0.378 e. The Morgan fingerprint density at radius 1 is 1.08 bits per heavy atom. The number of fused-ring (bicyclic) bond motifs is 1. The van der Waals surface area contributed by atoms with E-state index in [4.69, 9.17) is 0 Å². The van der Waals surface area contributed by atoms with Crippen molar-refractivity contribution in [3.8, 4) is 0 Å². The molecule has 1 aliphatic rings. The molecule has 3 nitrogen and oxygen atoms in total. The number of rotatable bonds is 5. The summed E-state index contributed by atoms with van der Waals surface area (Å²) in [6.07, 6.45) is 2.70. The molecule has 3 heteroatoms. The molecule has 2 aromatic rings. The molecule has 0 saturated heterocycles. The lowest BCUT2D eigenvalue weighted by atomic mass is 9.89. The van der Waals surface area contributed by atoms with Crippen molar-refractivity contribution in [1.82, 2.24) is 0 Å². The third-order valence-corrected chi connectivity index (χ3v) is 5.28. The molecule has 0 bridgehead atoms. The van der Waals surface area contributed by atoms with Crippen molar-refractivity contribution < 1.29 is 4.79 Å². The third kappa shape index (κ3) is 3.55. The lowest BCUT2D eigenvalue weighted by Gasteiger charge is -2.41. The van der Waals surface area contributed by atoms with Crippen LogP contribution >= 0.6 is 0 Å². The smallest absolute Gasteiger partial charge is 0.230 e. The zero-order valence-electron chi connectivity index (χ0n) is 15.4. The first-order chi connectivity index (χ1) is 12.2. The van der Waals surface area contributed by atoms with Crippen LogP contribution in [0.4, 0.5) is 11.4 Å². The number of nitrogens with zero attached hydrogens (tertiary/aromatic N) is 1. The van der Waals surface area contributed by atoms with Gasteiger partial charge in [0.1, 0.15) is 0 Å². The minimum atomic E-state index is 0.106. The van der Waals surface area contributed by atoms with Crippen LogP contribution in [0.15, 0.2) is 54.6 Å². The third-order valence-electron chi connectivity index (χ3n) is 5.28. The molecule has 1 heterocycles. The van der Waals surface area contributed by atoms with Gasteiger partial charge in [-0.05, 0) is 49.9 Å². The molecule has 0 saturated carbocycles. The van der Waals surface area contributed by atoms with Crippen molar-refractivity contribution in [2.75, 3.05) is 10.2 Å². The van der Waals surface area contributed by atoms with Gasteiger partial charge in [0.25, 0.3) is 0 Å². The quantitative estimate of drug-likeness (QED) is 0.792. The molecule has 2 atom stereocenters. The molecule has 132 valence electrons. The van der Waals surface area contributed by atoms with E-state index in [0.29, 0.717) is 0 Å². The second-order valence-electron chi connectivity index (χ2n) is 6.93. The summed E-state index contributed by atoms with van der Waals surface area (Å²) in [4.78, 5) is 15.1. The fourth-order valence-corrected chi connectivity index (χ4v) is 3.86. The predicted molar refractivity (Wildman–Crippen MR) is 105 cm³/mol. The predicted octanol–water partition coefficient (Wildman–Crippen LogP) is 5.40. The van der Waals surface area contributed by atoms with Gasteiger partial charge in [-0.25, -0.2) is 0 Å². The summed E-state index contributed by atoms with van der Waals surface area (Å²) in [6.45, 7) is 6.37. The average molecular weight is 336 g/mol. The molecule has 0 spiro atoms. The van der Waals surface area contributed by atoms with E-state index in [0.717, 1.165) is 30.6 Å². The molecular formula is C22H28N2O. The molecule has 0 unspecified atom stereocenters. The number of benzene rings is 2. The number of anilines is 2. The van der Waals surface area contributed by atoms with Crippen molar-refractivity contribution >= 4 is 17.3 Å². The highest BCUT2D eigenvalue weighted by Gasteiger charge is 2.35. The molecule has 0 aromatic heterocycles. The first-order valence-corrected chi connectivity index (χ1v) is 9.39. The van der Waals surface area contributed by atoms with E-state index < -0.39 is 0 Å². The van der Waals surface area contributed by atoms with Crippen LogP contribution in [-0.2, 0) is 4.79 Å². The Balaban J connectivity index is 1.93. The van der Waals surface area contributed by atoms with E-state index in [1.165, 1.54) is 5.56 Å². The van der Waals surface area contributed by atoms with Crippen molar-refractivity contribution in [3.63, 3.8) is 0 Å². The molecule has 25 heavy (non-hydrogen) atoms. The van der Waals surface area contributed by atoms with Gasteiger partial charge in [0.05, 0.1) is 6.04 Å². The van der Waals surface area contributed by atoms with E-state index >= 15 is 0 Å². The van der Waals surface area contributed by atoms with E-state index in [1.807, 2.05) is 29.2 Å². The maximum Gasteiger partial charge on any atom is 0.230 e. The van der Waals surface area contributed by atoms with Crippen LogP contribution in [0.25, 0.3) is 0 Å². The molecule has 0 fully saturated rings. The standard InChI is InChI=1S/C22H28N2O/c1-4-17(5-2)22(25)24-16(3)15-20(19-13-9-10-14-21(19)24)23-18-11-7-6-8-12-18/h6-14,16-17,20,23H,4-5,15H2,1-3H3/t16-,20-/m0/s1. The number of para-hydroxylation sites is 2. The molecule has 3 rings (SSSR count). The highest BCUT2D eigenvalue weighted by atomic mass is 16.2. The second kappa shape index (κ2) is 7.73. The average Bonchev–Trinajstić information content (AvgIpc) is 2.63. The topological polar surface area (TPSA) is 32.3 Å². The van der Waals surface area contributed by atoms with Crippen molar-refractivity contribution in [2.24, 2.45) is 5.92 Å². The van der Waals surface area contributed by atoms with Crippen molar-refractivity contribution in [3.05, 3.63) is 60.2 Å². The largest absolute Gasteiger partial charge is 0.378 e. The summed E-state index contributed by atoms with van der Waals surface area (Å²) in [5.41, 5.74) is 3.39. The molecule has 1 amide bonds. The van der Waals surface area contributed by atoms with Gasteiger partial charge in [-0.1, -0.05) is 50.2 Å². The fourth-order valence-electron chi connectivity index (χ4n) is 3.86. The van der Waals surface area contributed by atoms with Crippen LogP contribution in [0.1, 0.15) is 51.6 Å². The molecule has 1 aliphatic heterocycles. The Bertz CT molecular complexity index is 709. The first kappa shape index (κ1) is 17.5. The van der Waals surface area contributed by atoms with Gasteiger partial charge in [-0.2, -0.15) is 0 Å². The monoisotopic (exact) mass is 336 g/mol. The van der Waals surface area contributed by atoms with E-state index in [1.54, 1.807) is 0 Å². The van der Waals surface area contributed by atoms with Crippen molar-refractivity contribution in [2.45, 2.75) is 52.1 Å². The molecule has 0 radical (unpaired) electrons. The number of hydrogen-bond acceptors (Lipinski definition) is 2. The number of amides is 1. The summed E-state index contributed by atoms with van der Waals surface area (Å²) >= 11 is 0. The minimum absolute atomic E-state index is 0.106. The highest BCUT2D eigenvalue weighted by Crippen LogP contribution is 2.39. The molecular weight excluding hydrogens is 308 g/mol. The maximum atomic E-state index is 13.1. The van der Waals surface area contributed by atoms with Crippen LogP contribution in [0.5, 0.6) is 0 Å². The van der Waals surface area contributed by atoms with Gasteiger partial charge in [0.2, 0.25) is 5.91 Å². The lowest BCUT2D eigenvalue weighted by Crippen LogP contribution is -2.46. The van der Waals surface area contributed by atoms with Crippen LogP contribution < -0.4 is 10.2 Å². The zero-order chi connectivity index (χ0) is 17.8. The van der Waals surface area contributed by atoms with Gasteiger partial charge < -0.3 is 10.2 Å². The molecule has 0 aliphatic carbocycles. The summed E-state index contributed by atoms with van der Waals surface area (Å²) in [5.74, 6) is 0.372. The lowest BCUT2D eigenvalue weighted by molar-refractivity contribution is -0.123. The Morgan fingerprint density at radius 3 is 2.40 bits per heavy atom. The van der Waals surface area contributed by atoms with Gasteiger partial charge in [-0.15, -0.1) is 0 Å². The van der Waals surface area contributed by atoms with Crippen LogP contribution in [0, 0.1) is 5.92 Å². The number of hydrogen-bond donors (Lipinski definition) is 1. The zero-order valence-corrected chi connectivity index (χ0v) is 15.4. The Labute approximate surface area is 151 Å². The van der Waals surface area contributed by atoms with E-state index in [-0.39, 0.29) is 23.9 Å². The van der Waals surface area contributed by atoms with Crippen LogP contribution in [-0.4, -0.2) is 11.9 Å². The van der Waals surface area contributed by atoms with Gasteiger partial charge >= 0.3 is 0 Å². The van der Waals surface area contributed by atoms with Gasteiger partial charge in [0, 0.05) is 23.3 Å². The summed E-state index contributed by atoms with van der Waals surface area (Å²) in [5, 5.41) is 3.65. The highest BCUT2D eigenvalue weighted by molar-refractivity contribution is 5.97. The fraction of sp³-hybridized carbons (Fsp3) is 0.409. The first-order valence-electron chi connectivity index (χ1n) is 9.39. The summed E-state index contributed by atoms with van der Waals surface area (Å²) in [7, 11) is 0. The summed E-state index contributed by atoms with van der Waals surface area (Å²) < 4.78 is 0. The Morgan fingerprint density at radius 2 is 1.72 bits per heavy atom. The Kier molecular flexibility index (Phi) is 5.42.